The van der Waals surface area contributed by atoms with E-state index in [1.54, 1.807) is 33.3 Å². The van der Waals surface area contributed by atoms with E-state index in [0.717, 1.165) is 47.6 Å². The van der Waals surface area contributed by atoms with E-state index in [9.17, 15) is 19.2 Å². The highest BCUT2D eigenvalue weighted by Gasteiger charge is 2.62. The molecule has 0 aromatic heterocycles. The molecule has 2 fully saturated rings. The molecule has 11 heteroatoms. The molecule has 0 bridgehead atoms. The quantitative estimate of drug-likeness (QED) is 0.0705. The monoisotopic (exact) mass is 771 g/mol. The number of unbranched alkanes of at least 4 members (excludes halogenated alkanes) is 3. The SMILES string of the molecule is C=CCCCCC[C@H](NC(=O)OCCC(C)(C)CC=C)C(=O)N1C[C@](OC)(c2ccc3cc(OC)c(C=C)cc3c2)C[C@H]1C(=O)N[C@]1(C(=O)OCC)C[C@H]1C=C. The summed E-state index contributed by atoms with van der Waals surface area (Å²) in [6, 6.07) is 7.72. The van der Waals surface area contributed by atoms with Gasteiger partial charge in [-0.05, 0) is 85.4 Å². The molecule has 2 aliphatic rings. The molecule has 56 heavy (non-hydrogen) atoms. The van der Waals surface area contributed by atoms with Crippen molar-refractivity contribution in [2.45, 2.75) is 102 Å². The van der Waals surface area contributed by atoms with Crippen LogP contribution in [-0.2, 0) is 34.2 Å². The second kappa shape index (κ2) is 19.3. The maximum Gasteiger partial charge on any atom is 0.407 e. The molecule has 1 heterocycles. The second-order valence-electron chi connectivity index (χ2n) is 15.6. The lowest BCUT2D eigenvalue weighted by Gasteiger charge is -2.31. The molecule has 11 nitrogen and oxygen atoms in total. The Morgan fingerprint density at radius 1 is 0.982 bits per heavy atom. The van der Waals surface area contributed by atoms with E-state index >= 15 is 0 Å². The number of allylic oxidation sites excluding steroid dienone is 2. The van der Waals surface area contributed by atoms with Crippen molar-refractivity contribution >= 4 is 40.7 Å². The number of amides is 3. The predicted molar refractivity (Wildman–Crippen MR) is 220 cm³/mol. The fourth-order valence-corrected chi connectivity index (χ4v) is 7.66. The summed E-state index contributed by atoms with van der Waals surface area (Å²) >= 11 is 0. The zero-order valence-corrected chi connectivity index (χ0v) is 34.0. The number of esters is 1. The highest BCUT2D eigenvalue weighted by molar-refractivity contribution is 5.97. The summed E-state index contributed by atoms with van der Waals surface area (Å²) in [6.07, 6.45) is 11.6. The molecule has 1 aliphatic carbocycles. The van der Waals surface area contributed by atoms with Crippen LogP contribution in [0.15, 0.2) is 74.9 Å². The van der Waals surface area contributed by atoms with E-state index < -0.39 is 47.1 Å². The van der Waals surface area contributed by atoms with Gasteiger partial charge in [0.2, 0.25) is 11.8 Å². The van der Waals surface area contributed by atoms with Crippen molar-refractivity contribution in [1.29, 1.82) is 0 Å². The number of rotatable bonds is 22. The van der Waals surface area contributed by atoms with Gasteiger partial charge in [0.1, 0.15) is 29.0 Å². The van der Waals surface area contributed by atoms with Crippen molar-refractivity contribution in [3.05, 3.63) is 86.0 Å². The third-order valence-corrected chi connectivity index (χ3v) is 11.2. The molecular weight excluding hydrogens is 711 g/mol. The molecule has 0 unspecified atom stereocenters. The van der Waals surface area contributed by atoms with E-state index in [-0.39, 0.29) is 37.5 Å². The molecule has 304 valence electrons. The number of alkyl carbamates (subject to hydrolysis) is 1. The lowest BCUT2D eigenvalue weighted by Crippen LogP contribution is -2.56. The Morgan fingerprint density at radius 3 is 2.38 bits per heavy atom. The molecule has 1 saturated heterocycles. The number of ether oxygens (including phenoxy) is 4. The van der Waals surface area contributed by atoms with Gasteiger partial charge in [0.05, 0.1) is 26.9 Å². The second-order valence-corrected chi connectivity index (χ2v) is 15.6. The standard InChI is InChI=1S/C45H61N3O8/c1-10-15-16-17-18-19-36(46-42(52)56-24-23-43(6,7)22-11-2)40(50)48-30-44(54-9,35-21-20-32-27-38(53-8)31(12-3)25-33(32)26-35)29-37(48)39(49)47-45(28-34(45)13-4)41(51)55-14-5/h10-13,20-21,25-27,34,36-37H,1-4,14-19,22-24,28-30H2,5-9H3,(H,46,52)(H,47,49)/t34-,36+,37+,44+,45-/m1/s1. The van der Waals surface area contributed by atoms with E-state index in [1.807, 2.05) is 42.5 Å². The summed E-state index contributed by atoms with van der Waals surface area (Å²) in [7, 11) is 3.17. The molecule has 0 radical (unpaired) electrons. The molecule has 4 rings (SSSR count). The van der Waals surface area contributed by atoms with Gasteiger partial charge in [0.15, 0.2) is 0 Å². The maximum atomic E-state index is 14.8. The molecule has 5 atom stereocenters. The van der Waals surface area contributed by atoms with Crippen LogP contribution >= 0.6 is 0 Å². The Kier molecular flexibility index (Phi) is 15.1. The minimum absolute atomic E-state index is 0.00707. The summed E-state index contributed by atoms with van der Waals surface area (Å²) in [5.74, 6) is -1.15. The number of carbonyl (C=O) groups is 4. The number of nitrogens with zero attached hydrogens (tertiary/aromatic N) is 1. The third-order valence-electron chi connectivity index (χ3n) is 11.2. The van der Waals surface area contributed by atoms with Crippen LogP contribution in [0, 0.1) is 11.3 Å². The van der Waals surface area contributed by atoms with Crippen molar-refractivity contribution in [1.82, 2.24) is 15.5 Å². The summed E-state index contributed by atoms with van der Waals surface area (Å²) < 4.78 is 22.8. The van der Waals surface area contributed by atoms with Gasteiger partial charge >= 0.3 is 12.1 Å². The number of benzene rings is 2. The fraction of sp³-hybridized carbons (Fsp3) is 0.511. The summed E-state index contributed by atoms with van der Waals surface area (Å²) in [6.45, 7) is 21.6. The molecule has 1 aliphatic heterocycles. The maximum absolute atomic E-state index is 14.8. The number of methoxy groups -OCH3 is 2. The highest BCUT2D eigenvalue weighted by Crippen LogP contribution is 2.47. The van der Waals surface area contributed by atoms with Crippen LogP contribution in [0.2, 0.25) is 0 Å². The van der Waals surface area contributed by atoms with Crippen LogP contribution in [0.4, 0.5) is 4.79 Å². The van der Waals surface area contributed by atoms with Crippen LogP contribution in [0.25, 0.3) is 16.8 Å². The van der Waals surface area contributed by atoms with Gasteiger partial charge in [0.25, 0.3) is 0 Å². The molecule has 2 aromatic rings. The first kappa shape index (κ1) is 43.8. The van der Waals surface area contributed by atoms with Gasteiger partial charge in [0, 0.05) is 25.0 Å². The van der Waals surface area contributed by atoms with E-state index in [4.69, 9.17) is 18.9 Å². The zero-order valence-electron chi connectivity index (χ0n) is 34.0. The van der Waals surface area contributed by atoms with Gasteiger partial charge in [-0.25, -0.2) is 9.59 Å². The number of hydrogen-bond donors (Lipinski definition) is 2. The summed E-state index contributed by atoms with van der Waals surface area (Å²) in [5.41, 5.74) is -0.946. The number of likely N-dealkylation sites (tertiary alicyclic amines) is 1. The average Bonchev–Trinajstić information content (AvgIpc) is 3.75. The molecule has 2 aromatic carbocycles. The van der Waals surface area contributed by atoms with Crippen molar-refractivity contribution in [2.75, 3.05) is 34.0 Å². The minimum Gasteiger partial charge on any atom is -0.496 e. The highest BCUT2D eigenvalue weighted by atomic mass is 16.5. The third kappa shape index (κ3) is 10.1. The van der Waals surface area contributed by atoms with Gasteiger partial charge in [-0.15, -0.1) is 19.7 Å². The van der Waals surface area contributed by atoms with E-state index in [1.165, 1.54) is 4.90 Å². The van der Waals surface area contributed by atoms with Gasteiger partial charge < -0.3 is 34.5 Å². The van der Waals surface area contributed by atoms with Crippen molar-refractivity contribution in [2.24, 2.45) is 11.3 Å². The van der Waals surface area contributed by atoms with E-state index in [2.05, 4.69) is 50.8 Å². The Hall–Kier alpha value is -4.90. The minimum atomic E-state index is -1.28. The van der Waals surface area contributed by atoms with Gasteiger partial charge in [-0.2, -0.15) is 0 Å². The predicted octanol–water partition coefficient (Wildman–Crippen LogP) is 7.78. The number of hydrogen-bond acceptors (Lipinski definition) is 8. The Morgan fingerprint density at radius 2 is 1.75 bits per heavy atom. The average molecular weight is 772 g/mol. The molecule has 1 saturated carbocycles. The number of carbonyl (C=O) groups excluding carboxylic acids is 4. The van der Waals surface area contributed by atoms with Crippen LogP contribution in [-0.4, -0.2) is 80.4 Å². The Bertz CT molecular complexity index is 1790. The lowest BCUT2D eigenvalue weighted by molar-refractivity contribution is -0.150. The van der Waals surface area contributed by atoms with Gasteiger partial charge in [-0.3, -0.25) is 9.59 Å². The van der Waals surface area contributed by atoms with Crippen molar-refractivity contribution in [3.63, 3.8) is 0 Å². The largest absolute Gasteiger partial charge is 0.496 e. The first-order valence-corrected chi connectivity index (χ1v) is 19.6. The first-order chi connectivity index (χ1) is 26.8. The number of nitrogens with one attached hydrogen (secondary N) is 2. The molecular formula is C45H61N3O8. The van der Waals surface area contributed by atoms with E-state index in [0.29, 0.717) is 31.4 Å². The van der Waals surface area contributed by atoms with Crippen LogP contribution in [0.1, 0.15) is 89.7 Å². The molecule has 3 amide bonds. The number of fused-ring (bicyclic) bond motifs is 1. The lowest BCUT2D eigenvalue weighted by atomic mass is 9.86. The summed E-state index contributed by atoms with van der Waals surface area (Å²) in [4.78, 5) is 57.3. The molecule has 2 N–H and O–H groups in total. The van der Waals surface area contributed by atoms with Crippen LogP contribution in [0.3, 0.4) is 0 Å². The first-order valence-electron chi connectivity index (χ1n) is 19.6. The van der Waals surface area contributed by atoms with Crippen molar-refractivity contribution in [3.8, 4) is 5.75 Å². The smallest absolute Gasteiger partial charge is 0.407 e. The van der Waals surface area contributed by atoms with Crippen molar-refractivity contribution < 1.29 is 38.1 Å². The van der Waals surface area contributed by atoms with Crippen LogP contribution < -0.4 is 15.4 Å². The normalized spacial score (nSPS) is 22.1. The Labute approximate surface area is 332 Å². The topological polar surface area (TPSA) is 132 Å². The fourth-order valence-electron chi connectivity index (χ4n) is 7.66. The van der Waals surface area contributed by atoms with Crippen LogP contribution in [0.5, 0.6) is 5.75 Å². The zero-order chi connectivity index (χ0) is 41.1. The Balaban J connectivity index is 1.71. The molecule has 0 spiro atoms. The summed E-state index contributed by atoms with van der Waals surface area (Å²) in [5, 5.41) is 7.62. The van der Waals surface area contributed by atoms with Gasteiger partial charge in [-0.1, -0.05) is 69.7 Å².